The van der Waals surface area contributed by atoms with Gasteiger partial charge in [0.2, 0.25) is 6.79 Å². The number of nitrogens with zero attached hydrogens (tertiary/aromatic N) is 1. The summed E-state index contributed by atoms with van der Waals surface area (Å²) >= 11 is 12.5. The molecule has 9 heteroatoms. The van der Waals surface area contributed by atoms with Gasteiger partial charge in [-0.15, -0.1) is 0 Å². The first-order chi connectivity index (χ1) is 16.8. The molecule has 2 aliphatic rings. The number of Topliss-reactive ketones (excluding diaryl/α,β-unsaturated/α-hetero) is 1. The maximum absolute atomic E-state index is 13.4. The normalized spacial score (nSPS) is 18.3. The highest BCUT2D eigenvalue weighted by Crippen LogP contribution is 2.46. The van der Waals surface area contributed by atoms with E-state index < -0.39 is 23.5 Å². The van der Waals surface area contributed by atoms with E-state index in [1.807, 2.05) is 25.1 Å². The number of rotatable bonds is 4. The van der Waals surface area contributed by atoms with Gasteiger partial charge >= 0.3 is 0 Å². The van der Waals surface area contributed by atoms with Crippen molar-refractivity contribution in [1.82, 2.24) is 0 Å². The summed E-state index contributed by atoms with van der Waals surface area (Å²) in [5.41, 5.74) is 1.96. The number of ether oxygens (including phenoxy) is 3. The Bertz CT molecular complexity index is 1420. The first-order valence-corrected chi connectivity index (χ1v) is 11.4. The minimum Gasteiger partial charge on any atom is -0.507 e. The van der Waals surface area contributed by atoms with Crippen LogP contribution in [0.5, 0.6) is 17.2 Å². The molecule has 0 spiro atoms. The Kier molecular flexibility index (Phi) is 5.83. The molecule has 1 fully saturated rings. The van der Waals surface area contributed by atoms with E-state index in [-0.39, 0.29) is 33.7 Å². The molecule has 1 atom stereocenters. The number of aliphatic hydroxyl groups is 1. The van der Waals surface area contributed by atoms with E-state index >= 15 is 0 Å². The largest absolute Gasteiger partial charge is 0.507 e. The molecule has 0 aromatic heterocycles. The number of hydrogen-bond acceptors (Lipinski definition) is 6. The van der Waals surface area contributed by atoms with Crippen LogP contribution in [0.4, 0.5) is 5.69 Å². The van der Waals surface area contributed by atoms with Crippen LogP contribution in [-0.2, 0) is 9.59 Å². The molecule has 1 amide bonds. The Morgan fingerprint density at radius 3 is 2.57 bits per heavy atom. The number of methoxy groups -OCH3 is 1. The molecule has 0 aliphatic carbocycles. The Morgan fingerprint density at radius 1 is 1.06 bits per heavy atom. The van der Waals surface area contributed by atoms with Crippen LogP contribution in [0.15, 0.2) is 60.2 Å². The fourth-order valence-electron chi connectivity index (χ4n) is 4.38. The van der Waals surface area contributed by atoms with Crippen LogP contribution in [0.25, 0.3) is 5.76 Å². The van der Waals surface area contributed by atoms with Gasteiger partial charge < -0.3 is 19.3 Å². The number of benzene rings is 3. The van der Waals surface area contributed by atoms with Gasteiger partial charge in [0.1, 0.15) is 11.5 Å². The monoisotopic (exact) mass is 511 g/mol. The Hall–Kier alpha value is -3.68. The van der Waals surface area contributed by atoms with Crippen molar-refractivity contribution in [3.05, 3.63) is 86.9 Å². The van der Waals surface area contributed by atoms with Gasteiger partial charge in [-0.05, 0) is 36.8 Å². The second-order valence-corrected chi connectivity index (χ2v) is 8.93. The standard InChI is InChI=1S/C26H19Cl2NO6/c1-13-4-3-5-14(8-13)22-21(23(30)17-9-15(27)10-18(28)25(17)33-2)24(31)26(32)29(22)16-6-7-19-20(11-16)35-12-34-19/h3-11,22,30H,12H2,1-2H3/b23-21+. The van der Waals surface area contributed by atoms with E-state index in [9.17, 15) is 14.7 Å². The topological polar surface area (TPSA) is 85.3 Å². The highest BCUT2D eigenvalue weighted by Gasteiger charge is 2.47. The number of ketones is 1. The molecule has 0 saturated carbocycles. The Labute approximate surface area is 211 Å². The van der Waals surface area contributed by atoms with E-state index in [1.54, 1.807) is 24.3 Å². The molecule has 1 N–H and O–H groups in total. The number of aliphatic hydroxyl groups excluding tert-OH is 1. The number of halogens is 2. The molecule has 178 valence electrons. The van der Waals surface area contributed by atoms with Crippen LogP contribution < -0.4 is 19.1 Å². The zero-order valence-electron chi connectivity index (χ0n) is 18.7. The highest BCUT2D eigenvalue weighted by atomic mass is 35.5. The van der Waals surface area contributed by atoms with Gasteiger partial charge in [-0.25, -0.2) is 0 Å². The van der Waals surface area contributed by atoms with Crippen LogP contribution in [0.1, 0.15) is 22.7 Å². The smallest absolute Gasteiger partial charge is 0.300 e. The van der Waals surface area contributed by atoms with Crippen LogP contribution in [0.3, 0.4) is 0 Å². The number of carbonyl (C=O) groups is 2. The average molecular weight is 512 g/mol. The van der Waals surface area contributed by atoms with Gasteiger partial charge in [0.25, 0.3) is 11.7 Å². The number of anilines is 1. The predicted octanol–water partition coefficient (Wildman–Crippen LogP) is 5.67. The van der Waals surface area contributed by atoms with Crippen molar-refractivity contribution in [1.29, 1.82) is 0 Å². The molecule has 2 heterocycles. The lowest BCUT2D eigenvalue weighted by molar-refractivity contribution is -0.132. The molecule has 5 rings (SSSR count). The second-order valence-electron chi connectivity index (χ2n) is 8.09. The molecule has 7 nitrogen and oxygen atoms in total. The Balaban J connectivity index is 1.76. The number of fused-ring (bicyclic) bond motifs is 1. The molecule has 1 saturated heterocycles. The summed E-state index contributed by atoms with van der Waals surface area (Å²) in [7, 11) is 1.38. The summed E-state index contributed by atoms with van der Waals surface area (Å²) < 4.78 is 16.2. The number of aryl methyl sites for hydroxylation is 1. The van der Waals surface area contributed by atoms with Crippen molar-refractivity contribution in [3.8, 4) is 17.2 Å². The summed E-state index contributed by atoms with van der Waals surface area (Å²) in [4.78, 5) is 28.1. The van der Waals surface area contributed by atoms with Crippen molar-refractivity contribution in [3.63, 3.8) is 0 Å². The molecule has 3 aromatic carbocycles. The fourth-order valence-corrected chi connectivity index (χ4v) is 4.95. The predicted molar refractivity (Wildman–Crippen MR) is 132 cm³/mol. The van der Waals surface area contributed by atoms with E-state index in [0.717, 1.165) is 5.56 Å². The van der Waals surface area contributed by atoms with Crippen LogP contribution in [-0.4, -0.2) is 30.7 Å². The number of carbonyl (C=O) groups excluding carboxylic acids is 2. The lowest BCUT2D eigenvalue weighted by Gasteiger charge is -2.26. The number of hydrogen-bond donors (Lipinski definition) is 1. The molecular weight excluding hydrogens is 493 g/mol. The summed E-state index contributed by atoms with van der Waals surface area (Å²) in [6.45, 7) is 1.96. The fraction of sp³-hybridized carbons (Fsp3) is 0.154. The van der Waals surface area contributed by atoms with Gasteiger partial charge in [-0.3, -0.25) is 14.5 Å². The summed E-state index contributed by atoms with van der Waals surface area (Å²) in [6.07, 6.45) is 0. The molecular formula is C26H19Cl2NO6. The molecule has 0 radical (unpaired) electrons. The van der Waals surface area contributed by atoms with Gasteiger partial charge in [-0.1, -0.05) is 53.0 Å². The summed E-state index contributed by atoms with van der Waals surface area (Å²) in [5.74, 6) is -0.981. The summed E-state index contributed by atoms with van der Waals surface area (Å²) in [6, 6.07) is 14.3. The molecule has 1 unspecified atom stereocenters. The molecule has 3 aromatic rings. The molecule has 35 heavy (non-hydrogen) atoms. The first-order valence-electron chi connectivity index (χ1n) is 10.6. The van der Waals surface area contributed by atoms with Crippen molar-refractivity contribution >= 4 is 46.3 Å². The zero-order valence-corrected chi connectivity index (χ0v) is 20.2. The average Bonchev–Trinajstić information content (AvgIpc) is 3.40. The molecule has 2 aliphatic heterocycles. The van der Waals surface area contributed by atoms with Crippen molar-refractivity contribution in [2.24, 2.45) is 0 Å². The Morgan fingerprint density at radius 2 is 1.83 bits per heavy atom. The lowest BCUT2D eigenvalue weighted by Crippen LogP contribution is -2.29. The minimum atomic E-state index is -0.933. The third kappa shape index (κ3) is 3.87. The third-order valence-electron chi connectivity index (χ3n) is 5.90. The van der Waals surface area contributed by atoms with Gasteiger partial charge in [0.15, 0.2) is 11.5 Å². The second kappa shape index (κ2) is 8.83. The van der Waals surface area contributed by atoms with Crippen LogP contribution in [0, 0.1) is 6.92 Å². The third-order valence-corrected chi connectivity index (χ3v) is 6.40. The zero-order chi connectivity index (χ0) is 24.9. The van der Waals surface area contributed by atoms with Gasteiger partial charge in [-0.2, -0.15) is 0 Å². The van der Waals surface area contributed by atoms with Crippen molar-refractivity contribution in [2.75, 3.05) is 18.8 Å². The van der Waals surface area contributed by atoms with Crippen molar-refractivity contribution < 1.29 is 28.9 Å². The SMILES string of the molecule is COc1c(Cl)cc(Cl)cc1/C(O)=C1\C(=O)C(=O)N(c2ccc3c(c2)OCO3)C1c1cccc(C)c1. The van der Waals surface area contributed by atoms with E-state index in [0.29, 0.717) is 22.7 Å². The van der Waals surface area contributed by atoms with Crippen LogP contribution in [0.2, 0.25) is 10.0 Å². The van der Waals surface area contributed by atoms with Crippen LogP contribution >= 0.6 is 23.2 Å². The highest BCUT2D eigenvalue weighted by molar-refractivity contribution is 6.52. The lowest BCUT2D eigenvalue weighted by atomic mass is 9.94. The minimum absolute atomic E-state index is 0.0637. The van der Waals surface area contributed by atoms with Crippen molar-refractivity contribution in [2.45, 2.75) is 13.0 Å². The number of amides is 1. The van der Waals surface area contributed by atoms with E-state index in [1.165, 1.54) is 24.1 Å². The summed E-state index contributed by atoms with van der Waals surface area (Å²) in [5, 5.41) is 11.8. The maximum Gasteiger partial charge on any atom is 0.300 e. The first kappa shape index (κ1) is 23.1. The van der Waals surface area contributed by atoms with Gasteiger partial charge in [0.05, 0.1) is 29.3 Å². The maximum atomic E-state index is 13.4. The van der Waals surface area contributed by atoms with E-state index in [2.05, 4.69) is 0 Å². The molecule has 0 bridgehead atoms. The van der Waals surface area contributed by atoms with E-state index in [4.69, 9.17) is 37.4 Å². The van der Waals surface area contributed by atoms with Gasteiger partial charge in [0, 0.05) is 16.8 Å². The quantitative estimate of drug-likeness (QED) is 0.276.